The van der Waals surface area contributed by atoms with Crippen LogP contribution < -0.4 is 4.74 Å². The van der Waals surface area contributed by atoms with Crippen LogP contribution in [0.5, 0.6) is 5.75 Å². The molecule has 3 aromatic rings. The molecule has 0 unspecified atom stereocenters. The molecule has 6 heteroatoms. The van der Waals surface area contributed by atoms with Gasteiger partial charge in [0.25, 0.3) is 0 Å². The lowest BCUT2D eigenvalue weighted by Crippen LogP contribution is -2.46. The number of methoxy groups -OCH3 is 1. The minimum Gasteiger partial charge on any atom is -0.497 e. The normalized spacial score (nSPS) is 19.5. The van der Waals surface area contributed by atoms with Crippen molar-refractivity contribution in [3.8, 4) is 5.75 Å². The highest BCUT2D eigenvalue weighted by Crippen LogP contribution is 2.51. The van der Waals surface area contributed by atoms with Gasteiger partial charge in [0.05, 0.1) is 18.1 Å². The van der Waals surface area contributed by atoms with Crippen LogP contribution in [-0.2, 0) is 17.9 Å². The maximum absolute atomic E-state index is 14.0. The quantitative estimate of drug-likeness (QED) is 0.522. The minimum absolute atomic E-state index is 0.0984. The number of carboxylic acid groups (broad SMARTS) is 1. The smallest absolute Gasteiger partial charge is 0.335 e. The molecule has 2 saturated heterocycles. The largest absolute Gasteiger partial charge is 0.497 e. The number of likely N-dealkylation sites (tertiary alicyclic amines) is 2. The van der Waals surface area contributed by atoms with Crippen molar-refractivity contribution in [1.82, 2.24) is 9.80 Å². The number of hydrogen-bond donors (Lipinski definition) is 1. The van der Waals surface area contributed by atoms with Crippen LogP contribution >= 0.6 is 0 Å². The number of piperidine rings is 1. The molecule has 1 atom stereocenters. The Labute approximate surface area is 212 Å². The lowest BCUT2D eigenvalue weighted by molar-refractivity contribution is -0.139. The van der Waals surface area contributed by atoms with Gasteiger partial charge in [0, 0.05) is 25.6 Å². The molecule has 0 radical (unpaired) electrons. The molecule has 2 fully saturated rings. The first kappa shape index (κ1) is 24.1. The van der Waals surface area contributed by atoms with E-state index in [1.54, 1.807) is 25.3 Å². The number of amides is 1. The Hall–Kier alpha value is -3.64. The molecule has 2 heterocycles. The van der Waals surface area contributed by atoms with Crippen LogP contribution in [0.3, 0.4) is 0 Å². The van der Waals surface area contributed by atoms with Gasteiger partial charge in [0.2, 0.25) is 5.91 Å². The Morgan fingerprint density at radius 2 is 1.67 bits per heavy atom. The summed E-state index contributed by atoms with van der Waals surface area (Å²) in [4.78, 5) is 29.8. The summed E-state index contributed by atoms with van der Waals surface area (Å²) < 4.78 is 5.50. The zero-order valence-electron chi connectivity index (χ0n) is 20.6. The van der Waals surface area contributed by atoms with Crippen molar-refractivity contribution in [1.29, 1.82) is 0 Å². The standard InChI is InChI=1S/C30H32N2O4/c1-36-26-12-6-10-24(18-26)27-21-32(20-22-7-3-2-4-8-22)29(35)30(27)13-15-31(16-14-30)19-23-9-5-11-25(17-23)28(33)34/h2-12,17-18,27H,13-16,19-21H2,1H3,(H,33,34)/t27-/m1/s1. The van der Waals surface area contributed by atoms with Crippen molar-refractivity contribution >= 4 is 11.9 Å². The number of ether oxygens (including phenoxy) is 1. The lowest BCUT2D eigenvalue weighted by Gasteiger charge is -2.41. The predicted octanol–water partition coefficient (Wildman–Crippen LogP) is 4.80. The minimum atomic E-state index is -0.911. The van der Waals surface area contributed by atoms with E-state index >= 15 is 0 Å². The third kappa shape index (κ3) is 4.73. The fraction of sp³-hybridized carbons (Fsp3) is 0.333. The van der Waals surface area contributed by atoms with Gasteiger partial charge in [-0.05, 0) is 66.9 Å². The molecular formula is C30H32N2O4. The summed E-state index contributed by atoms with van der Waals surface area (Å²) in [6.45, 7) is 3.59. The second kappa shape index (κ2) is 10.2. The first-order valence-corrected chi connectivity index (χ1v) is 12.5. The van der Waals surface area contributed by atoms with E-state index in [0.717, 1.165) is 48.4 Å². The molecule has 36 heavy (non-hydrogen) atoms. The average molecular weight is 485 g/mol. The van der Waals surface area contributed by atoms with Crippen LogP contribution in [0.2, 0.25) is 0 Å². The van der Waals surface area contributed by atoms with Crippen LogP contribution in [0.25, 0.3) is 0 Å². The summed E-state index contributed by atoms with van der Waals surface area (Å²) in [6, 6.07) is 25.5. The number of aromatic carboxylic acids is 1. The second-order valence-corrected chi connectivity index (χ2v) is 9.94. The monoisotopic (exact) mass is 484 g/mol. The Kier molecular flexibility index (Phi) is 6.79. The van der Waals surface area contributed by atoms with Gasteiger partial charge < -0.3 is 14.7 Å². The first-order chi connectivity index (χ1) is 17.5. The third-order valence-corrected chi connectivity index (χ3v) is 7.82. The molecule has 2 aliphatic heterocycles. The maximum Gasteiger partial charge on any atom is 0.335 e. The molecule has 1 spiro atoms. The average Bonchev–Trinajstić information content (AvgIpc) is 3.17. The fourth-order valence-electron chi connectivity index (χ4n) is 5.90. The first-order valence-electron chi connectivity index (χ1n) is 12.5. The van der Waals surface area contributed by atoms with Gasteiger partial charge in [-0.25, -0.2) is 4.79 Å². The Bertz CT molecular complexity index is 1230. The van der Waals surface area contributed by atoms with Crippen LogP contribution in [0, 0.1) is 5.41 Å². The molecule has 5 rings (SSSR count). The van der Waals surface area contributed by atoms with Gasteiger partial charge in [0.1, 0.15) is 5.75 Å². The number of carboxylic acids is 1. The number of carbonyl (C=O) groups excluding carboxylic acids is 1. The Morgan fingerprint density at radius 3 is 2.39 bits per heavy atom. The predicted molar refractivity (Wildman–Crippen MR) is 138 cm³/mol. The fourth-order valence-corrected chi connectivity index (χ4v) is 5.90. The summed E-state index contributed by atoms with van der Waals surface area (Å²) in [6.07, 6.45) is 1.55. The Morgan fingerprint density at radius 1 is 0.944 bits per heavy atom. The molecule has 0 aromatic heterocycles. The van der Waals surface area contributed by atoms with Crippen molar-refractivity contribution in [2.45, 2.75) is 31.8 Å². The zero-order chi connectivity index (χ0) is 25.1. The van der Waals surface area contributed by atoms with E-state index in [0.29, 0.717) is 25.2 Å². The number of hydrogen-bond acceptors (Lipinski definition) is 4. The topological polar surface area (TPSA) is 70.1 Å². The van der Waals surface area contributed by atoms with Crippen LogP contribution in [-0.4, -0.2) is 53.5 Å². The molecule has 186 valence electrons. The number of nitrogens with zero attached hydrogens (tertiary/aromatic N) is 2. The molecule has 0 aliphatic carbocycles. The summed E-state index contributed by atoms with van der Waals surface area (Å²) in [5.74, 6) is 0.242. The lowest BCUT2D eigenvalue weighted by atomic mass is 9.68. The van der Waals surface area contributed by atoms with Crippen LogP contribution in [0.1, 0.15) is 45.8 Å². The van der Waals surface area contributed by atoms with Crippen molar-refractivity contribution in [3.63, 3.8) is 0 Å². The van der Waals surface area contributed by atoms with E-state index < -0.39 is 11.4 Å². The van der Waals surface area contributed by atoms with Crippen molar-refractivity contribution in [2.75, 3.05) is 26.7 Å². The van der Waals surface area contributed by atoms with E-state index in [1.807, 2.05) is 41.3 Å². The second-order valence-electron chi connectivity index (χ2n) is 9.94. The van der Waals surface area contributed by atoms with E-state index in [2.05, 4.69) is 29.2 Å². The maximum atomic E-state index is 14.0. The van der Waals surface area contributed by atoms with Gasteiger partial charge in [-0.3, -0.25) is 9.69 Å². The molecule has 3 aromatic carbocycles. The van der Waals surface area contributed by atoms with Crippen LogP contribution in [0.4, 0.5) is 0 Å². The van der Waals surface area contributed by atoms with Gasteiger partial charge in [-0.1, -0.05) is 54.6 Å². The number of benzene rings is 3. The molecule has 6 nitrogen and oxygen atoms in total. The number of carbonyl (C=O) groups is 2. The highest BCUT2D eigenvalue weighted by molar-refractivity contribution is 5.88. The van der Waals surface area contributed by atoms with E-state index in [-0.39, 0.29) is 11.8 Å². The van der Waals surface area contributed by atoms with Gasteiger partial charge in [-0.15, -0.1) is 0 Å². The molecule has 2 aliphatic rings. The summed E-state index contributed by atoms with van der Waals surface area (Å²) in [5, 5.41) is 9.32. The number of rotatable bonds is 7. The zero-order valence-corrected chi connectivity index (χ0v) is 20.6. The van der Waals surface area contributed by atoms with E-state index in [1.165, 1.54) is 0 Å². The SMILES string of the molecule is COc1cccc([C@H]2CN(Cc3ccccc3)C(=O)C23CCN(Cc2cccc(C(=O)O)c2)CC3)c1. The molecule has 1 N–H and O–H groups in total. The third-order valence-electron chi connectivity index (χ3n) is 7.82. The molecular weight excluding hydrogens is 452 g/mol. The van der Waals surface area contributed by atoms with Gasteiger partial charge in [-0.2, -0.15) is 0 Å². The van der Waals surface area contributed by atoms with Crippen molar-refractivity contribution in [2.24, 2.45) is 5.41 Å². The highest BCUT2D eigenvalue weighted by Gasteiger charge is 2.55. The van der Waals surface area contributed by atoms with Gasteiger partial charge in [0.15, 0.2) is 0 Å². The molecule has 0 bridgehead atoms. The Balaban J connectivity index is 1.38. The van der Waals surface area contributed by atoms with E-state index in [4.69, 9.17) is 4.74 Å². The molecule has 0 saturated carbocycles. The van der Waals surface area contributed by atoms with Crippen molar-refractivity contribution in [3.05, 3.63) is 101 Å². The summed E-state index contributed by atoms with van der Waals surface area (Å²) >= 11 is 0. The highest BCUT2D eigenvalue weighted by atomic mass is 16.5. The summed E-state index contributed by atoms with van der Waals surface area (Å²) in [5.41, 5.74) is 3.14. The van der Waals surface area contributed by atoms with Crippen molar-refractivity contribution < 1.29 is 19.4 Å². The van der Waals surface area contributed by atoms with Crippen LogP contribution in [0.15, 0.2) is 78.9 Å². The van der Waals surface area contributed by atoms with E-state index in [9.17, 15) is 14.7 Å². The molecule has 1 amide bonds. The summed E-state index contributed by atoms with van der Waals surface area (Å²) in [7, 11) is 1.67. The van der Waals surface area contributed by atoms with Gasteiger partial charge >= 0.3 is 5.97 Å².